The van der Waals surface area contributed by atoms with Crippen LogP contribution >= 0.6 is 11.6 Å². The van der Waals surface area contributed by atoms with Gasteiger partial charge in [-0.05, 0) is 37.7 Å². The van der Waals surface area contributed by atoms with Gasteiger partial charge in [0.1, 0.15) is 5.82 Å². The van der Waals surface area contributed by atoms with Crippen LogP contribution in [0.1, 0.15) is 39.0 Å². The summed E-state index contributed by atoms with van der Waals surface area (Å²) in [4.78, 5) is 4.15. The van der Waals surface area contributed by atoms with E-state index in [4.69, 9.17) is 17.3 Å². The number of pyridine rings is 1. The minimum absolute atomic E-state index is 0.488. The predicted octanol–water partition coefficient (Wildman–Crippen LogP) is 3.06. The number of anilines is 2. The summed E-state index contributed by atoms with van der Waals surface area (Å²) in [5, 5.41) is 14.2. The van der Waals surface area contributed by atoms with Crippen LogP contribution in [0.2, 0.25) is 5.02 Å². The number of aromatic nitrogens is 1. The average Bonchev–Trinajstić information content (AvgIpc) is 2.39. The van der Waals surface area contributed by atoms with Crippen molar-refractivity contribution in [3.05, 3.63) is 17.3 Å². The van der Waals surface area contributed by atoms with Crippen LogP contribution in [0.15, 0.2) is 12.3 Å². The second-order valence-electron chi connectivity index (χ2n) is 5.52. The minimum Gasteiger partial charge on any atom is -0.396 e. The van der Waals surface area contributed by atoms with Gasteiger partial charge in [0.25, 0.3) is 0 Å². The van der Waals surface area contributed by atoms with E-state index in [0.29, 0.717) is 23.1 Å². The number of hydrogen-bond acceptors (Lipinski definition) is 4. The van der Waals surface area contributed by atoms with Crippen LogP contribution in [0.5, 0.6) is 0 Å². The molecule has 0 amide bonds. The van der Waals surface area contributed by atoms with Crippen LogP contribution < -0.4 is 11.1 Å². The van der Waals surface area contributed by atoms with Gasteiger partial charge in [-0.3, -0.25) is 0 Å². The van der Waals surface area contributed by atoms with Gasteiger partial charge in [0.15, 0.2) is 0 Å². The lowest BCUT2D eigenvalue weighted by atomic mass is 9.78. The average molecular weight is 284 g/mol. The molecule has 0 aromatic carbocycles. The van der Waals surface area contributed by atoms with Crippen molar-refractivity contribution in [3.8, 4) is 0 Å². The fraction of sp³-hybridized carbons (Fsp3) is 0.643. The fourth-order valence-corrected chi connectivity index (χ4v) is 2.82. The Bertz CT molecular complexity index is 431. The lowest BCUT2D eigenvalue weighted by Gasteiger charge is -2.36. The molecule has 106 valence electrons. The SMILES string of the molecule is CCC1CCC(O)(CNc2ncc(Cl)cc2N)CC1. The molecule has 0 aliphatic heterocycles. The van der Waals surface area contributed by atoms with Crippen molar-refractivity contribution in [3.63, 3.8) is 0 Å². The molecule has 2 rings (SSSR count). The highest BCUT2D eigenvalue weighted by Crippen LogP contribution is 2.34. The van der Waals surface area contributed by atoms with Crippen molar-refractivity contribution in [2.45, 2.75) is 44.6 Å². The van der Waals surface area contributed by atoms with E-state index < -0.39 is 5.60 Å². The van der Waals surface area contributed by atoms with E-state index in [9.17, 15) is 5.11 Å². The molecular formula is C14H22ClN3O. The van der Waals surface area contributed by atoms with Crippen LogP contribution in [0.4, 0.5) is 11.5 Å². The molecule has 1 aromatic rings. The number of nitrogen functional groups attached to an aromatic ring is 1. The van der Waals surface area contributed by atoms with Crippen LogP contribution in [0.25, 0.3) is 0 Å². The maximum atomic E-state index is 10.5. The van der Waals surface area contributed by atoms with Crippen molar-refractivity contribution in [2.75, 3.05) is 17.6 Å². The first-order chi connectivity index (χ1) is 9.02. The molecule has 1 fully saturated rings. The van der Waals surface area contributed by atoms with Crippen molar-refractivity contribution < 1.29 is 5.11 Å². The quantitative estimate of drug-likeness (QED) is 0.794. The molecule has 0 atom stereocenters. The summed E-state index contributed by atoms with van der Waals surface area (Å²) in [6.07, 6.45) is 6.63. The van der Waals surface area contributed by atoms with Crippen LogP contribution in [0.3, 0.4) is 0 Å². The second-order valence-corrected chi connectivity index (χ2v) is 5.96. The molecule has 4 nitrogen and oxygen atoms in total. The van der Waals surface area contributed by atoms with E-state index in [1.54, 1.807) is 12.3 Å². The van der Waals surface area contributed by atoms with E-state index in [0.717, 1.165) is 31.6 Å². The maximum absolute atomic E-state index is 10.5. The number of nitrogens with two attached hydrogens (primary N) is 1. The van der Waals surface area contributed by atoms with Crippen molar-refractivity contribution in [2.24, 2.45) is 5.92 Å². The van der Waals surface area contributed by atoms with E-state index in [1.807, 2.05) is 0 Å². The smallest absolute Gasteiger partial charge is 0.149 e. The van der Waals surface area contributed by atoms with Crippen LogP contribution in [0, 0.1) is 5.92 Å². The number of hydrogen-bond donors (Lipinski definition) is 3. The Morgan fingerprint density at radius 1 is 1.53 bits per heavy atom. The highest BCUT2D eigenvalue weighted by atomic mass is 35.5. The lowest BCUT2D eigenvalue weighted by molar-refractivity contribution is 0.00224. The predicted molar refractivity (Wildman–Crippen MR) is 79.3 cm³/mol. The van der Waals surface area contributed by atoms with Crippen LogP contribution in [-0.2, 0) is 0 Å². The summed E-state index contributed by atoms with van der Waals surface area (Å²) >= 11 is 5.81. The van der Waals surface area contributed by atoms with Gasteiger partial charge in [0.2, 0.25) is 0 Å². The third-order valence-corrected chi connectivity index (χ3v) is 4.29. The van der Waals surface area contributed by atoms with Gasteiger partial charge in [-0.1, -0.05) is 24.9 Å². The number of aliphatic hydroxyl groups is 1. The first-order valence-electron chi connectivity index (χ1n) is 6.90. The lowest BCUT2D eigenvalue weighted by Crippen LogP contribution is -2.40. The van der Waals surface area contributed by atoms with Crippen molar-refractivity contribution in [1.82, 2.24) is 4.98 Å². The first-order valence-corrected chi connectivity index (χ1v) is 7.27. The molecule has 1 aliphatic rings. The Labute approximate surface area is 119 Å². The normalized spacial score (nSPS) is 27.2. The molecule has 19 heavy (non-hydrogen) atoms. The highest BCUT2D eigenvalue weighted by molar-refractivity contribution is 6.30. The molecule has 0 spiro atoms. The van der Waals surface area contributed by atoms with Crippen molar-refractivity contribution >= 4 is 23.1 Å². The van der Waals surface area contributed by atoms with Crippen molar-refractivity contribution in [1.29, 1.82) is 0 Å². The zero-order valence-electron chi connectivity index (χ0n) is 11.3. The number of nitrogens with zero attached hydrogens (tertiary/aromatic N) is 1. The third-order valence-electron chi connectivity index (χ3n) is 4.08. The third kappa shape index (κ3) is 3.74. The Morgan fingerprint density at radius 3 is 2.79 bits per heavy atom. The van der Waals surface area contributed by atoms with E-state index >= 15 is 0 Å². The molecule has 1 saturated carbocycles. The summed E-state index contributed by atoms with van der Waals surface area (Å²) in [5.74, 6) is 1.36. The summed E-state index contributed by atoms with van der Waals surface area (Å²) < 4.78 is 0. The Morgan fingerprint density at radius 2 is 2.21 bits per heavy atom. The molecule has 1 aliphatic carbocycles. The van der Waals surface area contributed by atoms with Gasteiger partial charge >= 0.3 is 0 Å². The van der Waals surface area contributed by atoms with E-state index in [1.165, 1.54) is 6.42 Å². The second kappa shape index (κ2) is 5.97. The Balaban J connectivity index is 1.91. The zero-order chi connectivity index (χ0) is 13.9. The van der Waals surface area contributed by atoms with Gasteiger partial charge in [0.05, 0.1) is 16.3 Å². The van der Waals surface area contributed by atoms with E-state index in [2.05, 4.69) is 17.2 Å². The Kier molecular flexibility index (Phi) is 4.53. The van der Waals surface area contributed by atoms with E-state index in [-0.39, 0.29) is 0 Å². The monoisotopic (exact) mass is 283 g/mol. The molecule has 0 bridgehead atoms. The topological polar surface area (TPSA) is 71.2 Å². The molecule has 1 aromatic heterocycles. The molecule has 0 unspecified atom stereocenters. The van der Waals surface area contributed by atoms with Gasteiger partial charge < -0.3 is 16.2 Å². The van der Waals surface area contributed by atoms with Gasteiger partial charge in [-0.2, -0.15) is 0 Å². The van der Waals surface area contributed by atoms with Gasteiger partial charge in [0, 0.05) is 12.7 Å². The summed E-state index contributed by atoms with van der Waals surface area (Å²) in [6, 6.07) is 1.66. The number of nitrogens with one attached hydrogen (secondary N) is 1. The number of rotatable bonds is 4. The molecule has 5 heteroatoms. The maximum Gasteiger partial charge on any atom is 0.149 e. The van der Waals surface area contributed by atoms with Gasteiger partial charge in [-0.25, -0.2) is 4.98 Å². The fourth-order valence-electron chi connectivity index (χ4n) is 2.65. The van der Waals surface area contributed by atoms with Gasteiger partial charge in [-0.15, -0.1) is 0 Å². The first kappa shape index (κ1) is 14.4. The highest BCUT2D eigenvalue weighted by Gasteiger charge is 2.32. The molecular weight excluding hydrogens is 262 g/mol. The zero-order valence-corrected chi connectivity index (χ0v) is 12.1. The standard InChI is InChI=1S/C14H22ClN3O/c1-2-10-3-5-14(19,6-4-10)9-18-13-12(16)7-11(15)8-17-13/h7-8,10,19H,2-6,9,16H2,1H3,(H,17,18). The minimum atomic E-state index is -0.639. The largest absolute Gasteiger partial charge is 0.396 e. The molecule has 0 saturated heterocycles. The summed E-state index contributed by atoms with van der Waals surface area (Å²) in [5.41, 5.74) is 5.71. The summed E-state index contributed by atoms with van der Waals surface area (Å²) in [6.45, 7) is 2.70. The molecule has 0 radical (unpaired) electrons. The number of halogens is 1. The van der Waals surface area contributed by atoms with Crippen LogP contribution in [-0.4, -0.2) is 22.2 Å². The Hall–Kier alpha value is -1.00. The molecule has 1 heterocycles. The summed E-state index contributed by atoms with van der Waals surface area (Å²) in [7, 11) is 0. The molecule has 4 N–H and O–H groups in total.